The van der Waals surface area contributed by atoms with Gasteiger partial charge < -0.3 is 0 Å². The van der Waals surface area contributed by atoms with E-state index in [1.165, 1.54) is 5.56 Å². The third kappa shape index (κ3) is 1.09. The average Bonchev–Trinajstić information content (AvgIpc) is 2.46. The van der Waals surface area contributed by atoms with Crippen molar-refractivity contribution in [3.8, 4) is 6.07 Å². The summed E-state index contributed by atoms with van der Waals surface area (Å²) in [7, 11) is 0. The molecule has 1 aliphatic carbocycles. The number of halogens is 1. The Bertz CT molecular complexity index is 351. The molecule has 12 heavy (non-hydrogen) atoms. The van der Waals surface area contributed by atoms with Crippen LogP contribution in [0.25, 0.3) is 0 Å². The minimum absolute atomic E-state index is 0.0682. The standard InChI is InChI=1S/C10H8ClN/c11-9-4-3-7-1-2-8(6-12)10(7)5-9/h3-5,8H,1-2H2. The predicted octanol–water partition coefficient (Wildman–Crippen LogP) is 2.89. The van der Waals surface area contributed by atoms with Crippen LogP contribution >= 0.6 is 11.6 Å². The molecule has 2 heteroatoms. The monoisotopic (exact) mass is 177 g/mol. The Hall–Kier alpha value is -1.00. The zero-order valence-electron chi connectivity index (χ0n) is 6.55. The summed E-state index contributed by atoms with van der Waals surface area (Å²) in [6, 6.07) is 8.11. The highest BCUT2D eigenvalue weighted by Crippen LogP contribution is 2.33. The van der Waals surface area contributed by atoms with E-state index >= 15 is 0 Å². The van der Waals surface area contributed by atoms with Gasteiger partial charge in [-0.1, -0.05) is 17.7 Å². The van der Waals surface area contributed by atoms with Crippen LogP contribution in [-0.2, 0) is 6.42 Å². The van der Waals surface area contributed by atoms with Gasteiger partial charge in [0.15, 0.2) is 0 Å². The summed E-state index contributed by atoms with van der Waals surface area (Å²) in [4.78, 5) is 0. The van der Waals surface area contributed by atoms with Gasteiger partial charge in [-0.05, 0) is 36.1 Å². The van der Waals surface area contributed by atoms with Gasteiger partial charge in [-0.15, -0.1) is 0 Å². The molecule has 1 aromatic rings. The van der Waals surface area contributed by atoms with E-state index in [1.807, 2.05) is 18.2 Å². The van der Waals surface area contributed by atoms with Crippen molar-refractivity contribution in [1.82, 2.24) is 0 Å². The SMILES string of the molecule is N#CC1CCc2ccc(Cl)cc21. The second-order valence-electron chi connectivity index (χ2n) is 3.06. The molecule has 0 saturated heterocycles. The van der Waals surface area contributed by atoms with Crippen LogP contribution in [0, 0.1) is 11.3 Å². The van der Waals surface area contributed by atoms with E-state index < -0.39 is 0 Å². The predicted molar refractivity (Wildman–Crippen MR) is 48.1 cm³/mol. The molecule has 0 fully saturated rings. The lowest BCUT2D eigenvalue weighted by atomic mass is 10.0. The van der Waals surface area contributed by atoms with E-state index in [0.717, 1.165) is 23.4 Å². The molecule has 1 unspecified atom stereocenters. The molecule has 0 N–H and O–H groups in total. The fourth-order valence-electron chi connectivity index (χ4n) is 1.71. The Labute approximate surface area is 76.6 Å². The Morgan fingerprint density at radius 1 is 1.50 bits per heavy atom. The minimum atomic E-state index is 0.0682. The first kappa shape index (κ1) is 7.64. The van der Waals surface area contributed by atoms with Gasteiger partial charge in [0.25, 0.3) is 0 Å². The second-order valence-corrected chi connectivity index (χ2v) is 3.50. The number of benzene rings is 1. The fraction of sp³-hybridized carbons (Fsp3) is 0.300. The van der Waals surface area contributed by atoms with Crippen LogP contribution in [0.3, 0.4) is 0 Å². The molecule has 60 valence electrons. The lowest BCUT2D eigenvalue weighted by molar-refractivity contribution is 0.826. The number of nitrogens with zero attached hydrogens (tertiary/aromatic N) is 1. The van der Waals surface area contributed by atoms with Crippen LogP contribution in [0.4, 0.5) is 0 Å². The zero-order chi connectivity index (χ0) is 8.55. The van der Waals surface area contributed by atoms with Gasteiger partial charge in [-0.3, -0.25) is 0 Å². The van der Waals surface area contributed by atoms with Gasteiger partial charge in [0.2, 0.25) is 0 Å². The van der Waals surface area contributed by atoms with E-state index in [0.29, 0.717) is 0 Å². The summed E-state index contributed by atoms with van der Waals surface area (Å²) < 4.78 is 0. The molecule has 1 nitrogen and oxygen atoms in total. The number of hydrogen-bond acceptors (Lipinski definition) is 1. The lowest BCUT2D eigenvalue weighted by Crippen LogP contribution is -1.87. The summed E-state index contributed by atoms with van der Waals surface area (Å²) in [5, 5.41) is 9.54. The highest BCUT2D eigenvalue weighted by molar-refractivity contribution is 6.30. The number of hydrogen-bond donors (Lipinski definition) is 0. The number of nitriles is 1. The zero-order valence-corrected chi connectivity index (χ0v) is 7.30. The van der Waals surface area contributed by atoms with Crippen molar-refractivity contribution in [2.45, 2.75) is 18.8 Å². The highest BCUT2D eigenvalue weighted by atomic mass is 35.5. The van der Waals surface area contributed by atoms with Gasteiger partial charge in [0.05, 0.1) is 12.0 Å². The molecule has 0 heterocycles. The second kappa shape index (κ2) is 2.80. The maximum absolute atomic E-state index is 8.81. The quantitative estimate of drug-likeness (QED) is 0.598. The topological polar surface area (TPSA) is 23.8 Å². The van der Waals surface area contributed by atoms with E-state index in [4.69, 9.17) is 16.9 Å². The average molecular weight is 178 g/mol. The molecule has 0 amide bonds. The smallest absolute Gasteiger partial charge is 0.0719 e. The first-order chi connectivity index (χ1) is 5.81. The van der Waals surface area contributed by atoms with Crippen LogP contribution in [0.2, 0.25) is 5.02 Å². The Morgan fingerprint density at radius 2 is 2.33 bits per heavy atom. The molecule has 1 aromatic carbocycles. The summed E-state index contributed by atoms with van der Waals surface area (Å²) >= 11 is 5.84. The van der Waals surface area contributed by atoms with Crippen LogP contribution in [0.15, 0.2) is 18.2 Å². The Kier molecular flexibility index (Phi) is 1.78. The van der Waals surface area contributed by atoms with Crippen molar-refractivity contribution in [2.75, 3.05) is 0 Å². The third-order valence-electron chi connectivity index (χ3n) is 2.34. The largest absolute Gasteiger partial charge is 0.198 e. The summed E-state index contributed by atoms with van der Waals surface area (Å²) in [5.41, 5.74) is 2.41. The van der Waals surface area contributed by atoms with Gasteiger partial charge in [0.1, 0.15) is 0 Å². The van der Waals surface area contributed by atoms with Crippen molar-refractivity contribution in [1.29, 1.82) is 5.26 Å². The van der Waals surface area contributed by atoms with E-state index in [9.17, 15) is 0 Å². The molecule has 0 spiro atoms. The van der Waals surface area contributed by atoms with E-state index in [2.05, 4.69) is 6.07 Å². The summed E-state index contributed by atoms with van der Waals surface area (Å²) in [6.45, 7) is 0. The van der Waals surface area contributed by atoms with Crippen LogP contribution < -0.4 is 0 Å². The summed E-state index contributed by atoms with van der Waals surface area (Å²) in [5.74, 6) is 0.0682. The van der Waals surface area contributed by atoms with E-state index in [1.54, 1.807) is 0 Å². The van der Waals surface area contributed by atoms with Crippen molar-refractivity contribution < 1.29 is 0 Å². The minimum Gasteiger partial charge on any atom is -0.198 e. The molecule has 0 aliphatic heterocycles. The number of fused-ring (bicyclic) bond motifs is 1. The molecular formula is C10H8ClN. The Morgan fingerprint density at radius 3 is 3.08 bits per heavy atom. The molecule has 0 saturated carbocycles. The fourth-order valence-corrected chi connectivity index (χ4v) is 1.89. The number of aryl methyl sites for hydroxylation is 1. The van der Waals surface area contributed by atoms with Gasteiger partial charge in [-0.2, -0.15) is 5.26 Å². The van der Waals surface area contributed by atoms with Crippen LogP contribution in [0.1, 0.15) is 23.5 Å². The lowest BCUT2D eigenvalue weighted by Gasteiger charge is -2.01. The number of rotatable bonds is 0. The highest BCUT2D eigenvalue weighted by Gasteiger charge is 2.21. The van der Waals surface area contributed by atoms with Crippen LogP contribution in [-0.4, -0.2) is 0 Å². The first-order valence-electron chi connectivity index (χ1n) is 3.99. The maximum atomic E-state index is 8.81. The Balaban J connectivity index is 2.51. The van der Waals surface area contributed by atoms with Crippen molar-refractivity contribution >= 4 is 11.6 Å². The van der Waals surface area contributed by atoms with Gasteiger partial charge in [0, 0.05) is 5.02 Å². The molecule has 1 atom stereocenters. The first-order valence-corrected chi connectivity index (χ1v) is 4.37. The molecule has 1 aliphatic rings. The van der Waals surface area contributed by atoms with Gasteiger partial charge >= 0.3 is 0 Å². The van der Waals surface area contributed by atoms with Gasteiger partial charge in [-0.25, -0.2) is 0 Å². The normalized spacial score (nSPS) is 20.2. The molecule has 0 aromatic heterocycles. The maximum Gasteiger partial charge on any atom is 0.0719 e. The van der Waals surface area contributed by atoms with Crippen molar-refractivity contribution in [3.05, 3.63) is 34.3 Å². The molecule has 2 rings (SSSR count). The van der Waals surface area contributed by atoms with E-state index in [-0.39, 0.29) is 5.92 Å². The molecular weight excluding hydrogens is 170 g/mol. The van der Waals surface area contributed by atoms with Crippen LogP contribution in [0.5, 0.6) is 0 Å². The van der Waals surface area contributed by atoms with Crippen molar-refractivity contribution in [2.24, 2.45) is 0 Å². The summed E-state index contributed by atoms with van der Waals surface area (Å²) in [6.07, 6.45) is 1.97. The third-order valence-corrected chi connectivity index (χ3v) is 2.58. The molecule has 0 radical (unpaired) electrons. The molecule has 0 bridgehead atoms. The van der Waals surface area contributed by atoms with Crippen molar-refractivity contribution in [3.63, 3.8) is 0 Å².